The Balaban J connectivity index is 0.000000114. The first-order valence-corrected chi connectivity index (χ1v) is 41.5. The van der Waals surface area contributed by atoms with E-state index in [9.17, 15) is 38.4 Å². The fourth-order valence-electron chi connectivity index (χ4n) is 18.5. The summed E-state index contributed by atoms with van der Waals surface area (Å²) < 4.78 is 22.3. The second-order valence-electron chi connectivity index (χ2n) is 33.9. The molecule has 12 aromatic rings. The van der Waals surface area contributed by atoms with E-state index in [4.69, 9.17) is 17.7 Å². The standard InChI is InChI=1S/4C23H24N4O3/c1-15-12-24-7-3-18(15)22(29)27-8-4-23(5-9-27)11-17(23)13-26-21(28)19-10-16-2-6-25-14-20(16)30-19;1-15-2-3-17(12-25-15)22(29)27-8-5-23(6-9-27)11-18(23)13-26-21(28)19-10-16-4-7-24-14-20(16)30-19;1-15-3-2-7-25-20(15)22(29)27-9-5-23(6-10-27)12-17(23)13-26-21(28)18-11-16-4-8-24-14-19(16)30-18;1-15-3-2-4-18(26-15)22(29)27-9-6-23(7-10-27)12-17(23)13-25-21(28)19-11-16-5-8-24-14-20(16)30-19/h2-3,6-7,10,12,14,17H,4-5,8-9,11,13H2,1H3,(H,26,28);2-4,7,10,12,14,18H,5-6,8-9,11,13H2,1H3,(H,26,28);2-4,7-8,11,14,17H,5-6,9-10,12-13H2,1H3,(H,26,28);2-5,8,11,14,17H,6-7,9-10,12-13H2,1H3,(H,25,28). The third-order valence-corrected chi connectivity index (χ3v) is 26.6. The average molecular weight is 1620 g/mol. The van der Waals surface area contributed by atoms with Crippen molar-refractivity contribution in [3.8, 4) is 0 Å². The van der Waals surface area contributed by atoms with Crippen LogP contribution in [0.1, 0.15) is 183 Å². The van der Waals surface area contributed by atoms with E-state index in [1.54, 1.807) is 111 Å². The number of carbonyl (C=O) groups excluding carboxylic acids is 8. The Morgan fingerprint density at radius 3 is 1.08 bits per heavy atom. The van der Waals surface area contributed by atoms with E-state index in [0.29, 0.717) is 112 Å². The van der Waals surface area contributed by atoms with Crippen LogP contribution in [0.5, 0.6) is 0 Å². The second-order valence-corrected chi connectivity index (χ2v) is 33.9. The molecule has 8 fully saturated rings. The normalized spacial score (nSPS) is 19.8. The van der Waals surface area contributed by atoms with Crippen LogP contribution >= 0.6 is 0 Å². The van der Waals surface area contributed by atoms with Crippen molar-refractivity contribution in [2.45, 2.75) is 105 Å². The highest BCUT2D eigenvalue weighted by atomic mass is 16.4. The lowest BCUT2D eigenvalue weighted by molar-refractivity contribution is 0.0653. The molecule has 4 atom stereocenters. The predicted molar refractivity (Wildman–Crippen MR) is 444 cm³/mol. The molecule has 0 bridgehead atoms. The molecule has 4 aliphatic heterocycles. The minimum absolute atomic E-state index is 0.0124. The number of carbonyl (C=O) groups is 8. The third kappa shape index (κ3) is 17.2. The summed E-state index contributed by atoms with van der Waals surface area (Å²) in [6.45, 7) is 16.2. The lowest BCUT2D eigenvalue weighted by Gasteiger charge is -2.33. The molecule has 4 saturated heterocycles. The van der Waals surface area contributed by atoms with Crippen LogP contribution in [-0.2, 0) is 0 Å². The number of piperidine rings is 4. The van der Waals surface area contributed by atoms with Crippen molar-refractivity contribution in [1.29, 1.82) is 0 Å². The molecule has 20 rings (SSSR count). The first-order chi connectivity index (χ1) is 58.2. The lowest BCUT2D eigenvalue weighted by Crippen LogP contribution is -2.40. The van der Waals surface area contributed by atoms with Gasteiger partial charge in [-0.3, -0.25) is 73.2 Å². The molecule has 8 aliphatic rings. The zero-order chi connectivity index (χ0) is 82.9. The highest BCUT2D eigenvalue weighted by Crippen LogP contribution is 2.62. The van der Waals surface area contributed by atoms with E-state index in [2.05, 4.69) is 61.1 Å². The van der Waals surface area contributed by atoms with Crippen molar-refractivity contribution < 1.29 is 56.0 Å². The first-order valence-electron chi connectivity index (χ1n) is 41.5. The molecule has 0 aromatic carbocycles. The van der Waals surface area contributed by atoms with E-state index in [1.165, 1.54) is 0 Å². The summed E-state index contributed by atoms with van der Waals surface area (Å²) in [4.78, 5) is 141. The van der Waals surface area contributed by atoms with Crippen molar-refractivity contribution in [2.24, 2.45) is 45.3 Å². The maximum Gasteiger partial charge on any atom is 0.287 e. The van der Waals surface area contributed by atoms with Gasteiger partial charge in [0.15, 0.2) is 45.4 Å². The van der Waals surface area contributed by atoms with Gasteiger partial charge in [-0.2, -0.15) is 0 Å². The molecule has 28 heteroatoms. The maximum absolute atomic E-state index is 12.8. The lowest BCUT2D eigenvalue weighted by atomic mass is 9.90. The average Bonchev–Trinajstić information content (AvgIpc) is 1.60. The zero-order valence-corrected chi connectivity index (χ0v) is 67.7. The second kappa shape index (κ2) is 33.5. The van der Waals surface area contributed by atoms with Crippen LogP contribution in [0.2, 0.25) is 0 Å². The van der Waals surface area contributed by atoms with Crippen LogP contribution in [0, 0.1) is 73.0 Å². The van der Waals surface area contributed by atoms with Crippen molar-refractivity contribution >= 4 is 91.1 Å². The highest BCUT2D eigenvalue weighted by molar-refractivity contribution is 6.00. The van der Waals surface area contributed by atoms with Gasteiger partial charge in [-0.15, -0.1) is 0 Å². The van der Waals surface area contributed by atoms with Crippen LogP contribution in [-0.4, -0.2) is 185 Å². The molecule has 120 heavy (non-hydrogen) atoms. The fourth-order valence-corrected chi connectivity index (χ4v) is 18.5. The number of amides is 8. The van der Waals surface area contributed by atoms with Crippen LogP contribution < -0.4 is 21.3 Å². The van der Waals surface area contributed by atoms with Crippen molar-refractivity contribution in [2.75, 3.05) is 78.5 Å². The summed E-state index contributed by atoms with van der Waals surface area (Å²) in [6, 6.07) is 29.1. The number of fused-ring (bicyclic) bond motifs is 4. The molecular formula is C92H96N16O12. The maximum atomic E-state index is 12.8. The van der Waals surface area contributed by atoms with E-state index >= 15 is 0 Å². The third-order valence-electron chi connectivity index (χ3n) is 26.6. The van der Waals surface area contributed by atoms with Gasteiger partial charge >= 0.3 is 0 Å². The van der Waals surface area contributed by atoms with Gasteiger partial charge in [0.25, 0.3) is 47.3 Å². The molecule has 0 radical (unpaired) electrons. The minimum atomic E-state index is -0.189. The Bertz CT molecular complexity index is 5550. The van der Waals surface area contributed by atoms with Crippen LogP contribution in [0.25, 0.3) is 43.9 Å². The molecule has 4 saturated carbocycles. The summed E-state index contributed by atoms with van der Waals surface area (Å²) in [5, 5.41) is 15.6. The summed E-state index contributed by atoms with van der Waals surface area (Å²) in [7, 11) is 0. The van der Waals surface area contributed by atoms with Gasteiger partial charge in [0.05, 0.1) is 30.4 Å². The van der Waals surface area contributed by atoms with Crippen molar-refractivity contribution in [1.82, 2.24) is 80.7 Å². The Morgan fingerprint density at radius 1 is 0.358 bits per heavy atom. The van der Waals surface area contributed by atoms with Gasteiger partial charge < -0.3 is 58.5 Å². The Hall–Kier alpha value is -12.9. The summed E-state index contributed by atoms with van der Waals surface area (Å²) in [6.07, 6.45) is 32.1. The van der Waals surface area contributed by atoms with Gasteiger partial charge in [0.1, 0.15) is 11.4 Å². The van der Waals surface area contributed by atoms with E-state index in [1.807, 2.05) is 108 Å². The number of aromatic nitrogens is 8. The smallest absolute Gasteiger partial charge is 0.287 e. The van der Waals surface area contributed by atoms with Crippen LogP contribution in [0.4, 0.5) is 0 Å². The molecule has 12 aromatic heterocycles. The topological polar surface area (TPSA) is 353 Å². The monoisotopic (exact) mass is 1620 g/mol. The fraction of sp³-hybridized carbons (Fsp3) is 0.391. The van der Waals surface area contributed by atoms with Gasteiger partial charge in [-0.05, 0) is 246 Å². The Morgan fingerprint density at radius 2 is 0.725 bits per heavy atom. The molecular weight excluding hydrogens is 1520 g/mol. The summed E-state index contributed by atoms with van der Waals surface area (Å²) in [5.41, 5.74) is 9.53. The van der Waals surface area contributed by atoms with E-state index in [-0.39, 0.29) is 68.9 Å². The summed E-state index contributed by atoms with van der Waals surface area (Å²) >= 11 is 0. The Kier molecular flexibility index (Phi) is 22.2. The van der Waals surface area contributed by atoms with Crippen molar-refractivity contribution in [3.63, 3.8) is 0 Å². The number of nitrogens with one attached hydrogen (secondary N) is 4. The molecule has 8 amide bonds. The highest BCUT2D eigenvalue weighted by Gasteiger charge is 2.58. The quantitative estimate of drug-likeness (QED) is 0.0698. The number of pyridine rings is 8. The molecule has 4 aliphatic carbocycles. The molecule has 616 valence electrons. The number of aryl methyl sites for hydroxylation is 4. The van der Waals surface area contributed by atoms with Gasteiger partial charge in [-0.1, -0.05) is 12.1 Å². The Labute approximate surface area is 692 Å². The van der Waals surface area contributed by atoms with Gasteiger partial charge in [0, 0.05) is 167 Å². The predicted octanol–water partition coefficient (Wildman–Crippen LogP) is 12.8. The number of rotatable bonds is 16. The van der Waals surface area contributed by atoms with Gasteiger partial charge in [-0.25, -0.2) is 4.98 Å². The number of likely N-dealkylation sites (tertiary alicyclic amines) is 4. The van der Waals surface area contributed by atoms with E-state index < -0.39 is 0 Å². The zero-order valence-electron chi connectivity index (χ0n) is 67.7. The molecule has 4 N–H and O–H groups in total. The number of hydrogen-bond donors (Lipinski definition) is 4. The SMILES string of the molecule is Cc1ccc(C(=O)N2CCC3(CC2)CC3CNC(=O)c2cc3ccncc3o2)cn1.Cc1cccc(C(=O)N2CCC3(CC2)CC3CNC(=O)c2cc3ccncc3o2)n1.Cc1cccnc1C(=O)N1CCC2(CC1)CC2CNC(=O)c1cc2ccncc2o1.Cc1cnccc1C(=O)N1CCC2(CC1)CC2CNC(=O)c1cc2ccncc2o1. The molecule has 4 spiro atoms. The number of hydrogen-bond acceptors (Lipinski definition) is 20. The van der Waals surface area contributed by atoms with E-state index in [0.717, 1.165) is 179 Å². The summed E-state index contributed by atoms with van der Waals surface area (Å²) in [5.74, 6) is 2.56. The van der Waals surface area contributed by atoms with Crippen molar-refractivity contribution in [3.05, 3.63) is 239 Å². The largest absolute Gasteiger partial charge is 0.449 e. The first kappa shape index (κ1) is 79.6. The molecule has 4 unspecified atom stereocenters. The van der Waals surface area contributed by atoms with Gasteiger partial charge in [0.2, 0.25) is 0 Å². The van der Waals surface area contributed by atoms with Crippen LogP contribution in [0.15, 0.2) is 189 Å². The molecule has 28 nitrogen and oxygen atoms in total. The minimum Gasteiger partial charge on any atom is -0.449 e. The molecule has 16 heterocycles. The number of furan rings is 4. The van der Waals surface area contributed by atoms with Crippen LogP contribution in [0.3, 0.4) is 0 Å². The number of nitrogens with zero attached hydrogens (tertiary/aromatic N) is 12.